The van der Waals surface area contributed by atoms with Gasteiger partial charge in [-0.25, -0.2) is 8.78 Å². The number of carbonyl (C=O) groups is 2. The Balaban J connectivity index is 1.70. The zero-order valence-electron chi connectivity index (χ0n) is 18.6. The average Bonchev–Trinajstić information content (AvgIpc) is 2.99. The number of alkyl halides is 2. The number of fused-ring (bicyclic) bond motifs is 5. The largest absolute Gasteiger partial charge is 0.390 e. The van der Waals surface area contributed by atoms with Crippen LogP contribution in [0.1, 0.15) is 40.0 Å². The molecule has 0 bridgehead atoms. The molecule has 2 N–H and O–H groups in total. The van der Waals surface area contributed by atoms with Gasteiger partial charge in [-0.15, -0.1) is 0 Å². The molecule has 4 rings (SSSR count). The highest BCUT2D eigenvalue weighted by molar-refractivity contribution is 8.13. The lowest BCUT2D eigenvalue weighted by Crippen LogP contribution is -2.68. The molecule has 0 radical (unpaired) electrons. The highest BCUT2D eigenvalue weighted by Gasteiger charge is 2.73. The molecule has 0 aromatic heterocycles. The molecule has 4 nitrogen and oxygen atoms in total. The summed E-state index contributed by atoms with van der Waals surface area (Å²) in [6.07, 6.45) is 1.65. The van der Waals surface area contributed by atoms with E-state index in [1.807, 2.05) is 13.8 Å². The maximum Gasteiger partial charge on any atom is 0.193 e. The molecule has 0 spiro atoms. The van der Waals surface area contributed by atoms with Crippen molar-refractivity contribution in [2.75, 3.05) is 12.4 Å². The first-order valence-corrected chi connectivity index (χ1v) is 12.2. The van der Waals surface area contributed by atoms with Gasteiger partial charge < -0.3 is 10.2 Å². The first-order chi connectivity index (χ1) is 15.0. The van der Waals surface area contributed by atoms with Gasteiger partial charge in [-0.3, -0.25) is 9.59 Å². The monoisotopic (exact) mass is 464 g/mol. The smallest absolute Gasteiger partial charge is 0.193 e. The normalized spacial score (nSPS) is 47.0. The number of hydrogen-bond acceptors (Lipinski definition) is 5. The number of aliphatic hydroxyl groups is 2. The SMILES string of the molecule is C[C@@H]1CC2C3C[C@H](F)C4=CC(=O)C=C[C@]4(C)[C@@]3(F)[C@@H](O)C[C@]2(C)[C@H]1C(=O)SCC#CCO. The Hall–Kier alpha value is -1.49. The van der Waals surface area contributed by atoms with E-state index < -0.39 is 34.7 Å². The van der Waals surface area contributed by atoms with Gasteiger partial charge in [0, 0.05) is 17.3 Å². The molecule has 0 amide bonds. The summed E-state index contributed by atoms with van der Waals surface area (Å²) in [5.41, 5.74) is -4.05. The zero-order chi connectivity index (χ0) is 23.5. The maximum atomic E-state index is 17.0. The highest BCUT2D eigenvalue weighted by Crippen LogP contribution is 2.70. The number of rotatable bonds is 2. The number of halogens is 2. The minimum absolute atomic E-state index is 0.0309. The predicted octanol–water partition coefficient (Wildman–Crippen LogP) is 3.42. The lowest BCUT2D eigenvalue weighted by atomic mass is 9.45. The number of carbonyl (C=O) groups excluding carboxylic acids is 2. The first-order valence-electron chi connectivity index (χ1n) is 11.2. The molecule has 9 atom stereocenters. The summed E-state index contributed by atoms with van der Waals surface area (Å²) in [6.45, 7) is 5.23. The van der Waals surface area contributed by atoms with E-state index in [2.05, 4.69) is 11.8 Å². The summed E-state index contributed by atoms with van der Waals surface area (Å²) < 4.78 is 32.4. The summed E-state index contributed by atoms with van der Waals surface area (Å²) in [5, 5.41) is 20.0. The van der Waals surface area contributed by atoms with Crippen LogP contribution in [0, 0.1) is 46.3 Å². The van der Waals surface area contributed by atoms with Crippen LogP contribution in [0.15, 0.2) is 23.8 Å². The molecule has 4 aliphatic rings. The summed E-state index contributed by atoms with van der Waals surface area (Å²) in [4.78, 5) is 25.0. The topological polar surface area (TPSA) is 74.6 Å². The molecule has 3 fully saturated rings. The fourth-order valence-electron chi connectivity index (χ4n) is 7.38. The molecular weight excluding hydrogens is 434 g/mol. The van der Waals surface area contributed by atoms with Crippen LogP contribution >= 0.6 is 11.8 Å². The Morgan fingerprint density at radius 1 is 1.28 bits per heavy atom. The van der Waals surface area contributed by atoms with Gasteiger partial charge >= 0.3 is 0 Å². The molecule has 7 heteroatoms. The molecule has 174 valence electrons. The van der Waals surface area contributed by atoms with Crippen molar-refractivity contribution in [2.24, 2.45) is 34.5 Å². The Morgan fingerprint density at radius 3 is 2.69 bits per heavy atom. The Morgan fingerprint density at radius 2 is 2.00 bits per heavy atom. The molecule has 32 heavy (non-hydrogen) atoms. The van der Waals surface area contributed by atoms with Crippen molar-refractivity contribution in [3.8, 4) is 11.8 Å². The summed E-state index contributed by atoms with van der Waals surface area (Å²) in [7, 11) is 0. The van der Waals surface area contributed by atoms with Crippen molar-refractivity contribution in [2.45, 2.75) is 58.0 Å². The lowest BCUT2D eigenvalue weighted by molar-refractivity contribution is -0.201. The molecule has 2 unspecified atom stereocenters. The van der Waals surface area contributed by atoms with Crippen molar-refractivity contribution in [3.05, 3.63) is 23.8 Å². The van der Waals surface area contributed by atoms with Crippen LogP contribution in [-0.4, -0.2) is 51.4 Å². The number of ketones is 1. The van der Waals surface area contributed by atoms with Gasteiger partial charge in [-0.05, 0) is 61.2 Å². The number of thioether (sulfide) groups is 1. The highest BCUT2D eigenvalue weighted by atomic mass is 32.2. The van der Waals surface area contributed by atoms with Crippen LogP contribution in [0.25, 0.3) is 0 Å². The second-order valence-corrected chi connectivity index (χ2v) is 11.2. The minimum atomic E-state index is -2.11. The van der Waals surface area contributed by atoms with Crippen molar-refractivity contribution in [3.63, 3.8) is 0 Å². The van der Waals surface area contributed by atoms with Gasteiger partial charge in [-0.2, -0.15) is 0 Å². The van der Waals surface area contributed by atoms with Crippen molar-refractivity contribution in [1.82, 2.24) is 0 Å². The summed E-state index contributed by atoms with van der Waals surface area (Å²) in [5.74, 6) is 3.73. The Kier molecular flexibility index (Phi) is 5.97. The molecule has 0 aromatic carbocycles. The van der Waals surface area contributed by atoms with Crippen LogP contribution in [0.4, 0.5) is 8.78 Å². The van der Waals surface area contributed by atoms with E-state index in [1.165, 1.54) is 18.2 Å². The Bertz CT molecular complexity index is 951. The predicted molar refractivity (Wildman–Crippen MR) is 119 cm³/mol. The number of hydrogen-bond donors (Lipinski definition) is 2. The molecule has 0 aromatic rings. The maximum absolute atomic E-state index is 17.0. The quantitative estimate of drug-likeness (QED) is 0.613. The molecule has 0 saturated heterocycles. The van der Waals surface area contributed by atoms with E-state index in [-0.39, 0.29) is 59.4 Å². The number of allylic oxidation sites excluding steroid dienone is 4. The molecule has 0 heterocycles. The molecule has 0 aliphatic heterocycles. The van der Waals surface area contributed by atoms with E-state index in [0.29, 0.717) is 6.42 Å². The summed E-state index contributed by atoms with van der Waals surface area (Å²) in [6, 6.07) is 0. The Labute approximate surface area is 191 Å². The third kappa shape index (κ3) is 3.17. The second-order valence-electron chi connectivity index (χ2n) is 10.3. The van der Waals surface area contributed by atoms with Crippen LogP contribution in [0.5, 0.6) is 0 Å². The number of aliphatic hydroxyl groups excluding tert-OH is 2. The van der Waals surface area contributed by atoms with E-state index >= 15 is 8.78 Å². The van der Waals surface area contributed by atoms with Gasteiger partial charge in [0.15, 0.2) is 16.6 Å². The van der Waals surface area contributed by atoms with E-state index in [9.17, 15) is 14.7 Å². The molecular formula is C25H30F2O4S. The van der Waals surface area contributed by atoms with Gasteiger partial charge in [0.2, 0.25) is 0 Å². The standard InChI is InChI=1S/C25H30F2O4S/c1-14-10-16-17-12-19(26)18-11-15(29)6-7-24(18,3)25(17,27)20(30)13-23(16,2)21(14)22(31)32-9-5-4-8-28/h6-7,11,14,16-17,19-21,28,30H,8-10,12-13H2,1-3H3/t14-,16?,17?,19+,20+,21-,23+,24+,25+/m1/s1. The average molecular weight is 465 g/mol. The van der Waals surface area contributed by atoms with E-state index in [1.54, 1.807) is 6.92 Å². The third-order valence-corrected chi connectivity index (χ3v) is 9.54. The zero-order valence-corrected chi connectivity index (χ0v) is 19.4. The fraction of sp³-hybridized carbons (Fsp3) is 0.680. The van der Waals surface area contributed by atoms with Gasteiger partial charge in [0.25, 0.3) is 0 Å². The molecule has 3 saturated carbocycles. The fourth-order valence-corrected chi connectivity index (χ4v) is 8.37. The first kappa shape index (κ1) is 23.7. The van der Waals surface area contributed by atoms with Crippen LogP contribution in [-0.2, 0) is 9.59 Å². The van der Waals surface area contributed by atoms with Gasteiger partial charge in [0.05, 0.1) is 11.9 Å². The van der Waals surface area contributed by atoms with Crippen molar-refractivity contribution in [1.29, 1.82) is 0 Å². The van der Waals surface area contributed by atoms with Crippen molar-refractivity contribution >= 4 is 22.7 Å². The van der Waals surface area contributed by atoms with Crippen molar-refractivity contribution < 1.29 is 28.6 Å². The summed E-state index contributed by atoms with van der Waals surface area (Å²) >= 11 is 1.09. The van der Waals surface area contributed by atoms with Crippen LogP contribution in [0.3, 0.4) is 0 Å². The molecule has 4 aliphatic carbocycles. The second kappa shape index (κ2) is 8.07. The van der Waals surface area contributed by atoms with Gasteiger partial charge in [0.1, 0.15) is 12.8 Å². The van der Waals surface area contributed by atoms with Gasteiger partial charge in [-0.1, -0.05) is 43.5 Å². The minimum Gasteiger partial charge on any atom is -0.390 e. The van der Waals surface area contributed by atoms with Crippen LogP contribution in [0.2, 0.25) is 0 Å². The van der Waals surface area contributed by atoms with Crippen LogP contribution < -0.4 is 0 Å². The van der Waals surface area contributed by atoms with E-state index in [4.69, 9.17) is 5.11 Å². The van der Waals surface area contributed by atoms with E-state index in [0.717, 1.165) is 11.8 Å². The third-order valence-electron chi connectivity index (χ3n) is 8.71. The lowest BCUT2D eigenvalue weighted by Gasteiger charge is -2.62.